The molecule has 2 saturated heterocycles. The highest BCUT2D eigenvalue weighted by Gasteiger charge is 2.42. The highest BCUT2D eigenvalue weighted by atomic mass is 35.5. The normalized spacial score (nSPS) is 21.2. The van der Waals surface area contributed by atoms with Gasteiger partial charge in [0.05, 0.1) is 53.5 Å². The molecule has 10 nitrogen and oxygen atoms in total. The molecule has 198 valence electrons. The van der Waals surface area contributed by atoms with Crippen molar-refractivity contribution in [3.05, 3.63) is 76.7 Å². The molecular formula is C26H21ClF2N8O2. The van der Waals surface area contributed by atoms with Crippen molar-refractivity contribution in [1.29, 1.82) is 0 Å². The summed E-state index contributed by atoms with van der Waals surface area (Å²) >= 11 is 6.11. The summed E-state index contributed by atoms with van der Waals surface area (Å²) in [6.45, 7) is 0.905. The summed E-state index contributed by atoms with van der Waals surface area (Å²) in [6.07, 6.45) is 7.74. The molecule has 3 aliphatic heterocycles. The third-order valence-electron chi connectivity index (χ3n) is 7.64. The van der Waals surface area contributed by atoms with Gasteiger partial charge in [0.25, 0.3) is 0 Å². The van der Waals surface area contributed by atoms with E-state index in [1.807, 2.05) is 0 Å². The molecule has 2 atom stereocenters. The third-order valence-corrected chi connectivity index (χ3v) is 7.93. The molecule has 0 aliphatic carbocycles. The third kappa shape index (κ3) is 3.93. The van der Waals surface area contributed by atoms with Gasteiger partial charge in [-0.05, 0) is 53.5 Å². The zero-order valence-corrected chi connectivity index (χ0v) is 21.1. The van der Waals surface area contributed by atoms with Crippen LogP contribution in [0.1, 0.15) is 48.3 Å². The quantitative estimate of drug-likeness (QED) is 0.399. The van der Waals surface area contributed by atoms with E-state index in [0.29, 0.717) is 66.5 Å². The number of aromatic nitrogens is 7. The van der Waals surface area contributed by atoms with E-state index < -0.39 is 11.6 Å². The molecule has 3 aromatic heterocycles. The fraction of sp³-hybridized carbons (Fsp3) is 0.308. The van der Waals surface area contributed by atoms with E-state index in [4.69, 9.17) is 16.3 Å². The predicted octanol–water partition coefficient (Wildman–Crippen LogP) is 4.01. The molecule has 0 radical (unpaired) electrons. The zero-order chi connectivity index (χ0) is 26.7. The maximum absolute atomic E-state index is 15.3. The van der Waals surface area contributed by atoms with Crippen LogP contribution in [0.4, 0.5) is 8.78 Å². The van der Waals surface area contributed by atoms with Crippen molar-refractivity contribution in [3.63, 3.8) is 0 Å². The Morgan fingerprint density at radius 2 is 1.97 bits per heavy atom. The minimum Gasteiger partial charge on any atom is -0.380 e. The number of H-pyrrole nitrogens is 1. The Hall–Kier alpha value is -4.03. The Morgan fingerprint density at radius 1 is 1.10 bits per heavy atom. The van der Waals surface area contributed by atoms with Crippen LogP contribution < -0.4 is 0 Å². The van der Waals surface area contributed by atoms with Crippen LogP contribution in [0, 0.1) is 11.6 Å². The number of ether oxygens (including phenoxy) is 1. The number of amides is 1. The largest absolute Gasteiger partial charge is 0.380 e. The zero-order valence-electron chi connectivity index (χ0n) is 20.4. The Kier molecular flexibility index (Phi) is 5.74. The summed E-state index contributed by atoms with van der Waals surface area (Å²) in [6, 6.07) is 4.18. The summed E-state index contributed by atoms with van der Waals surface area (Å²) in [5.74, 6) is -0.763. The number of pyridine rings is 1. The molecule has 0 bridgehead atoms. The topological polar surface area (TPSA) is 115 Å². The number of tetrazole rings is 1. The smallest absolute Gasteiger partial charge is 0.247 e. The lowest BCUT2D eigenvalue weighted by atomic mass is 9.92. The van der Waals surface area contributed by atoms with E-state index in [1.165, 1.54) is 23.2 Å². The van der Waals surface area contributed by atoms with E-state index in [2.05, 4.69) is 30.5 Å². The number of carbonyl (C=O) groups excluding carboxylic acids is 1. The summed E-state index contributed by atoms with van der Waals surface area (Å²) in [7, 11) is 0. The van der Waals surface area contributed by atoms with Crippen LogP contribution in [-0.2, 0) is 9.53 Å². The minimum atomic E-state index is -0.630. The molecule has 2 fully saturated rings. The van der Waals surface area contributed by atoms with E-state index in [9.17, 15) is 4.79 Å². The molecule has 7 rings (SSSR count). The first kappa shape index (κ1) is 24.0. The van der Waals surface area contributed by atoms with Gasteiger partial charge in [0.1, 0.15) is 12.2 Å². The average molecular weight is 551 g/mol. The van der Waals surface area contributed by atoms with Crippen molar-refractivity contribution in [2.75, 3.05) is 13.2 Å². The number of aromatic amines is 1. The molecule has 0 unspecified atom stereocenters. The first-order valence-corrected chi connectivity index (χ1v) is 12.9. The second-order valence-electron chi connectivity index (χ2n) is 9.85. The first-order chi connectivity index (χ1) is 19.0. The van der Waals surface area contributed by atoms with Crippen LogP contribution >= 0.6 is 11.6 Å². The van der Waals surface area contributed by atoms with Crippen molar-refractivity contribution in [2.45, 2.75) is 37.3 Å². The monoisotopic (exact) mass is 550 g/mol. The van der Waals surface area contributed by atoms with Crippen LogP contribution in [0.3, 0.4) is 0 Å². The summed E-state index contributed by atoms with van der Waals surface area (Å²) < 4.78 is 37.1. The summed E-state index contributed by atoms with van der Waals surface area (Å²) in [5.41, 5.74) is 2.40. The molecule has 1 amide bonds. The standard InChI is InChI=1S/C26H21ClF2N8O2/c27-17-2-4-19(36-12-32-34-35-36)22(24(17)29)13-7-15-1-3-20(37(15)21(38)8-13)26-31-9-18(33-26)16-5-6-30-25(23(16)28)14-10-39-11-14/h2,4-6,8-9,12,14-15,20H,1,3,7,10-11H2,(H,31,33)/t15-,20+/m0/s1. The van der Waals surface area contributed by atoms with Gasteiger partial charge < -0.3 is 14.6 Å². The number of halogens is 3. The maximum Gasteiger partial charge on any atom is 0.247 e. The highest BCUT2D eigenvalue weighted by Crippen LogP contribution is 2.44. The number of benzene rings is 1. The molecule has 1 N–H and O–H groups in total. The fourth-order valence-corrected chi connectivity index (χ4v) is 5.85. The van der Waals surface area contributed by atoms with Crippen molar-refractivity contribution >= 4 is 23.1 Å². The van der Waals surface area contributed by atoms with E-state index in [0.717, 1.165) is 0 Å². The number of carbonyl (C=O) groups is 1. The molecule has 0 saturated carbocycles. The Bertz CT molecular complexity index is 1620. The summed E-state index contributed by atoms with van der Waals surface area (Å²) in [5, 5.41) is 11.1. The van der Waals surface area contributed by atoms with Crippen LogP contribution in [-0.4, -0.2) is 65.2 Å². The number of nitrogens with one attached hydrogen (secondary N) is 1. The second-order valence-corrected chi connectivity index (χ2v) is 10.3. The van der Waals surface area contributed by atoms with Gasteiger partial charge in [0.2, 0.25) is 5.91 Å². The van der Waals surface area contributed by atoms with Gasteiger partial charge >= 0.3 is 0 Å². The Morgan fingerprint density at radius 3 is 2.74 bits per heavy atom. The molecule has 1 aromatic carbocycles. The van der Waals surface area contributed by atoms with Gasteiger partial charge in [0.15, 0.2) is 11.6 Å². The van der Waals surface area contributed by atoms with Gasteiger partial charge in [-0.3, -0.25) is 9.78 Å². The molecule has 0 spiro atoms. The Balaban J connectivity index is 1.19. The lowest BCUT2D eigenvalue weighted by Crippen LogP contribution is -2.39. The predicted molar refractivity (Wildman–Crippen MR) is 135 cm³/mol. The SMILES string of the molecule is O=C1C=C(c2c(-n3cnnn3)ccc(Cl)c2F)C[C@@H]2CC[C@H](c3ncc(-c4ccnc(C5COC5)c4F)[nH]3)N12. The van der Waals surface area contributed by atoms with Gasteiger partial charge in [-0.15, -0.1) is 5.10 Å². The first-order valence-electron chi connectivity index (χ1n) is 12.5. The minimum absolute atomic E-state index is 0.0543. The van der Waals surface area contributed by atoms with Crippen molar-refractivity contribution in [2.24, 2.45) is 0 Å². The van der Waals surface area contributed by atoms with Gasteiger partial charge in [-0.2, -0.15) is 4.68 Å². The van der Waals surface area contributed by atoms with Gasteiger partial charge in [-0.1, -0.05) is 11.6 Å². The molecule has 4 aromatic rings. The molecule has 13 heteroatoms. The van der Waals surface area contributed by atoms with Crippen LogP contribution in [0.15, 0.2) is 43.0 Å². The Labute approximate surface area is 225 Å². The van der Waals surface area contributed by atoms with E-state index >= 15 is 8.78 Å². The average Bonchev–Trinajstić information content (AvgIpc) is 3.66. The second kappa shape index (κ2) is 9.31. The number of imidazole rings is 1. The summed E-state index contributed by atoms with van der Waals surface area (Å²) in [4.78, 5) is 27.2. The van der Waals surface area contributed by atoms with Crippen molar-refractivity contribution < 1.29 is 18.3 Å². The maximum atomic E-state index is 15.3. The lowest BCUT2D eigenvalue weighted by Gasteiger charge is -2.33. The van der Waals surface area contributed by atoms with E-state index in [-0.39, 0.29) is 34.5 Å². The van der Waals surface area contributed by atoms with Gasteiger partial charge in [-0.25, -0.2) is 13.8 Å². The van der Waals surface area contributed by atoms with Crippen LogP contribution in [0.25, 0.3) is 22.5 Å². The molecule has 39 heavy (non-hydrogen) atoms. The van der Waals surface area contributed by atoms with E-state index in [1.54, 1.807) is 29.4 Å². The fourth-order valence-electron chi connectivity index (χ4n) is 5.69. The molecular weight excluding hydrogens is 530 g/mol. The number of fused-ring (bicyclic) bond motifs is 1. The molecule has 6 heterocycles. The van der Waals surface area contributed by atoms with Crippen LogP contribution in [0.2, 0.25) is 5.02 Å². The highest BCUT2D eigenvalue weighted by molar-refractivity contribution is 6.31. The number of hydrogen-bond acceptors (Lipinski definition) is 7. The van der Waals surface area contributed by atoms with Gasteiger partial charge in [0, 0.05) is 29.4 Å². The van der Waals surface area contributed by atoms with Crippen molar-refractivity contribution in [3.8, 4) is 16.9 Å². The number of rotatable bonds is 5. The van der Waals surface area contributed by atoms with Crippen LogP contribution in [0.5, 0.6) is 0 Å². The lowest BCUT2D eigenvalue weighted by molar-refractivity contribution is -0.129. The molecule has 3 aliphatic rings. The number of nitrogens with zero attached hydrogens (tertiary/aromatic N) is 7. The van der Waals surface area contributed by atoms with Crippen molar-refractivity contribution in [1.82, 2.24) is 40.1 Å². The number of hydrogen-bond donors (Lipinski definition) is 1.